The van der Waals surface area contributed by atoms with E-state index in [9.17, 15) is 23.5 Å². The number of aliphatic hydroxyl groups excluding tert-OH is 1. The molecule has 5 nitrogen and oxygen atoms in total. The summed E-state index contributed by atoms with van der Waals surface area (Å²) in [5.74, 6) is -4.22. The lowest BCUT2D eigenvalue weighted by atomic mass is 9.95. The van der Waals surface area contributed by atoms with Gasteiger partial charge in [0.2, 0.25) is 0 Å². The highest BCUT2D eigenvalue weighted by Crippen LogP contribution is 2.42. The van der Waals surface area contributed by atoms with Gasteiger partial charge in [0.25, 0.3) is 11.7 Å². The Labute approximate surface area is 187 Å². The average Bonchev–Trinajstić information content (AvgIpc) is 3.09. The summed E-state index contributed by atoms with van der Waals surface area (Å²) in [4.78, 5) is 31.1. The lowest BCUT2D eigenvalue weighted by molar-refractivity contribution is -0.132. The van der Waals surface area contributed by atoms with E-state index in [1.54, 1.807) is 30.3 Å². The van der Waals surface area contributed by atoms with Crippen LogP contribution >= 0.6 is 0 Å². The Kier molecular flexibility index (Phi) is 4.94. The Balaban J connectivity index is 1.74. The first-order valence-corrected chi connectivity index (χ1v) is 10.1. The topological polar surface area (TPSA) is 70.5 Å². The minimum Gasteiger partial charge on any atom is -0.507 e. The normalized spacial score (nSPS) is 17.6. The van der Waals surface area contributed by atoms with E-state index in [1.807, 2.05) is 24.3 Å². The number of carbonyl (C=O) groups is 2. The number of amides is 1. The highest BCUT2D eigenvalue weighted by molar-refractivity contribution is 6.51. The average molecular weight is 442 g/mol. The fourth-order valence-corrected chi connectivity index (χ4v) is 4.10. The molecule has 33 heavy (non-hydrogen) atoms. The number of anilines is 1. The summed E-state index contributed by atoms with van der Waals surface area (Å²) in [5.41, 5.74) is 0.250. The lowest BCUT2D eigenvalue weighted by Gasteiger charge is -2.25. The van der Waals surface area contributed by atoms with Crippen LogP contribution in [0.25, 0.3) is 16.5 Å². The fraction of sp³-hybridized carbons (Fsp3) is 0.0385. The summed E-state index contributed by atoms with van der Waals surface area (Å²) < 4.78 is 28.2. The number of pyridine rings is 1. The van der Waals surface area contributed by atoms with Crippen molar-refractivity contribution in [3.63, 3.8) is 0 Å². The number of aromatic nitrogens is 1. The van der Waals surface area contributed by atoms with Gasteiger partial charge in [0.1, 0.15) is 17.4 Å². The third-order valence-corrected chi connectivity index (χ3v) is 5.64. The minimum atomic E-state index is -1.15. The van der Waals surface area contributed by atoms with Crippen LogP contribution in [-0.2, 0) is 9.59 Å². The Morgan fingerprint density at radius 3 is 2.42 bits per heavy atom. The second-order valence-corrected chi connectivity index (χ2v) is 7.61. The van der Waals surface area contributed by atoms with Gasteiger partial charge in [-0.3, -0.25) is 19.5 Å². The van der Waals surface area contributed by atoms with E-state index in [-0.39, 0.29) is 11.3 Å². The van der Waals surface area contributed by atoms with Crippen molar-refractivity contribution in [3.8, 4) is 0 Å². The summed E-state index contributed by atoms with van der Waals surface area (Å²) in [5, 5.41) is 13.0. The largest absolute Gasteiger partial charge is 0.507 e. The van der Waals surface area contributed by atoms with E-state index in [4.69, 9.17) is 0 Å². The molecule has 0 bridgehead atoms. The molecule has 1 atom stereocenters. The smallest absolute Gasteiger partial charge is 0.300 e. The van der Waals surface area contributed by atoms with Crippen LogP contribution in [0, 0.1) is 11.6 Å². The van der Waals surface area contributed by atoms with Gasteiger partial charge >= 0.3 is 0 Å². The van der Waals surface area contributed by atoms with Crippen LogP contribution in [0.4, 0.5) is 14.5 Å². The summed E-state index contributed by atoms with van der Waals surface area (Å²) in [6.07, 6.45) is 2.94. The first-order valence-electron chi connectivity index (χ1n) is 10.1. The monoisotopic (exact) mass is 442 g/mol. The van der Waals surface area contributed by atoms with Gasteiger partial charge in [0, 0.05) is 24.0 Å². The van der Waals surface area contributed by atoms with Gasteiger partial charge in [-0.25, -0.2) is 8.78 Å². The second-order valence-electron chi connectivity index (χ2n) is 7.61. The molecule has 4 aromatic rings. The summed E-state index contributed by atoms with van der Waals surface area (Å²) >= 11 is 0. The summed E-state index contributed by atoms with van der Waals surface area (Å²) in [6.45, 7) is 0. The zero-order chi connectivity index (χ0) is 23.1. The number of aliphatic hydroxyl groups is 1. The van der Waals surface area contributed by atoms with Crippen molar-refractivity contribution in [1.82, 2.24) is 4.98 Å². The molecule has 162 valence electrons. The number of nitrogens with zero attached hydrogens (tertiary/aromatic N) is 2. The van der Waals surface area contributed by atoms with Gasteiger partial charge in [0.05, 0.1) is 17.3 Å². The van der Waals surface area contributed by atoms with Crippen molar-refractivity contribution in [2.45, 2.75) is 6.04 Å². The van der Waals surface area contributed by atoms with Crippen LogP contribution < -0.4 is 4.90 Å². The molecule has 1 unspecified atom stereocenters. The molecule has 0 aliphatic carbocycles. The maximum atomic E-state index is 14.7. The Bertz CT molecular complexity index is 1450. The molecule has 0 radical (unpaired) electrons. The quantitative estimate of drug-likeness (QED) is 0.271. The number of Topliss-reactive ketones (excluding diaryl/α,β-unsaturated/α-hetero) is 1. The Morgan fingerprint density at radius 2 is 1.70 bits per heavy atom. The van der Waals surface area contributed by atoms with Crippen molar-refractivity contribution in [2.75, 3.05) is 4.90 Å². The van der Waals surface area contributed by atoms with Crippen LogP contribution in [0.3, 0.4) is 0 Å². The predicted molar refractivity (Wildman–Crippen MR) is 119 cm³/mol. The Hall–Kier alpha value is -4.39. The maximum Gasteiger partial charge on any atom is 0.300 e. The van der Waals surface area contributed by atoms with Crippen molar-refractivity contribution < 1.29 is 23.5 Å². The van der Waals surface area contributed by atoms with E-state index >= 15 is 0 Å². The number of hydrogen-bond acceptors (Lipinski definition) is 4. The van der Waals surface area contributed by atoms with Crippen LogP contribution in [-0.4, -0.2) is 21.8 Å². The van der Waals surface area contributed by atoms with Gasteiger partial charge in [-0.1, -0.05) is 42.5 Å². The molecule has 1 aliphatic rings. The van der Waals surface area contributed by atoms with Crippen LogP contribution in [0.1, 0.15) is 17.2 Å². The van der Waals surface area contributed by atoms with E-state index in [2.05, 4.69) is 4.98 Å². The number of ketones is 1. The number of rotatable bonds is 3. The predicted octanol–water partition coefficient (Wildman–Crippen LogP) is 5.14. The fourth-order valence-electron chi connectivity index (χ4n) is 4.10. The first-order chi connectivity index (χ1) is 16.0. The van der Waals surface area contributed by atoms with Crippen molar-refractivity contribution >= 4 is 33.9 Å². The van der Waals surface area contributed by atoms with Crippen molar-refractivity contribution in [3.05, 3.63) is 114 Å². The third-order valence-electron chi connectivity index (χ3n) is 5.64. The van der Waals surface area contributed by atoms with Crippen LogP contribution in [0.15, 0.2) is 90.8 Å². The number of hydrogen-bond donors (Lipinski definition) is 1. The van der Waals surface area contributed by atoms with Gasteiger partial charge in [-0.2, -0.15) is 0 Å². The molecule has 1 aromatic heterocycles. The highest BCUT2D eigenvalue weighted by atomic mass is 19.1. The van der Waals surface area contributed by atoms with E-state index < -0.39 is 35.1 Å². The van der Waals surface area contributed by atoms with E-state index in [0.717, 1.165) is 27.8 Å². The van der Waals surface area contributed by atoms with Crippen molar-refractivity contribution in [2.24, 2.45) is 0 Å². The molecule has 2 heterocycles. The third kappa shape index (κ3) is 3.43. The lowest BCUT2D eigenvalue weighted by Crippen LogP contribution is -2.30. The van der Waals surface area contributed by atoms with Gasteiger partial charge in [-0.15, -0.1) is 0 Å². The summed E-state index contributed by atoms with van der Waals surface area (Å²) in [7, 11) is 0. The molecule has 5 rings (SSSR count). The SMILES string of the molecule is O=C1C(=O)N(c2ccc(F)cc2F)C(c2cccnc2)/C1=C(/O)c1ccc2ccccc2c1. The zero-order valence-electron chi connectivity index (χ0n) is 17.1. The summed E-state index contributed by atoms with van der Waals surface area (Å²) in [6, 6.07) is 17.4. The van der Waals surface area contributed by atoms with Crippen molar-refractivity contribution in [1.29, 1.82) is 0 Å². The maximum absolute atomic E-state index is 14.7. The number of benzene rings is 3. The molecule has 1 N–H and O–H groups in total. The minimum absolute atomic E-state index is 0.202. The number of halogens is 2. The van der Waals surface area contributed by atoms with Gasteiger partial charge in [0.15, 0.2) is 0 Å². The molecule has 0 spiro atoms. The van der Waals surface area contributed by atoms with Gasteiger partial charge in [-0.05, 0) is 40.6 Å². The number of carbonyl (C=O) groups excluding carboxylic acids is 2. The molecule has 1 aliphatic heterocycles. The molecular formula is C26H16F2N2O3. The molecule has 1 fully saturated rings. The molecule has 7 heteroatoms. The standard InChI is InChI=1S/C26H16F2N2O3/c27-19-9-10-21(20(28)13-19)30-23(18-6-3-11-29-14-18)22(25(32)26(30)33)24(31)17-8-7-15-4-1-2-5-16(15)12-17/h1-14,23,31H/b24-22-. The van der Waals surface area contributed by atoms with Crippen LogP contribution in [0.2, 0.25) is 0 Å². The van der Waals surface area contributed by atoms with E-state index in [1.165, 1.54) is 12.4 Å². The zero-order valence-corrected chi connectivity index (χ0v) is 17.1. The van der Waals surface area contributed by atoms with Crippen LogP contribution in [0.5, 0.6) is 0 Å². The highest BCUT2D eigenvalue weighted by Gasteiger charge is 2.47. The van der Waals surface area contributed by atoms with E-state index in [0.29, 0.717) is 17.2 Å². The molecular weight excluding hydrogens is 426 g/mol. The van der Waals surface area contributed by atoms with Gasteiger partial charge < -0.3 is 5.11 Å². The Morgan fingerprint density at radius 1 is 0.909 bits per heavy atom. The molecule has 3 aromatic carbocycles. The second kappa shape index (κ2) is 7.94. The molecule has 0 saturated carbocycles. The molecule has 1 saturated heterocycles. The molecule has 1 amide bonds. The number of fused-ring (bicyclic) bond motifs is 1. The first kappa shape index (κ1) is 20.5.